The second-order valence-corrected chi connectivity index (χ2v) is 4.28. The maximum Gasteiger partial charge on any atom is 0.222 e. The number of ether oxygens (including phenoxy) is 2. The Morgan fingerprint density at radius 1 is 1.38 bits per heavy atom. The number of hydrogen-bond acceptors (Lipinski definition) is 3. The van der Waals surface area contributed by atoms with Crippen LogP contribution in [0.15, 0.2) is 18.2 Å². The highest BCUT2D eigenvalue weighted by Crippen LogP contribution is 2.33. The van der Waals surface area contributed by atoms with Gasteiger partial charge in [0.1, 0.15) is 13.2 Å². The zero-order valence-corrected chi connectivity index (χ0v) is 9.79. The molecule has 2 rings (SSSR count). The Labute approximate surface area is 99.3 Å². The molecule has 0 aliphatic carbocycles. The summed E-state index contributed by atoms with van der Waals surface area (Å²) in [5.41, 5.74) is 1.04. The average Bonchev–Trinajstić information content (AvgIpc) is 2.27. The molecule has 1 heterocycles. The van der Waals surface area contributed by atoms with Crippen molar-refractivity contribution in [3.05, 3.63) is 23.8 Å². The van der Waals surface area contributed by atoms with E-state index in [9.17, 15) is 4.79 Å². The van der Waals surface area contributed by atoms with E-state index in [0.29, 0.717) is 19.6 Å². The molecule has 0 saturated heterocycles. The molecule has 1 unspecified atom stereocenters. The molecule has 0 fully saturated rings. The van der Waals surface area contributed by atoms with Gasteiger partial charge in [-0.3, -0.25) is 4.79 Å². The molecule has 1 aliphatic rings. The maximum atomic E-state index is 10.8. The minimum Gasteiger partial charge on any atom is -0.486 e. The van der Waals surface area contributed by atoms with Gasteiger partial charge in [0.05, 0.1) is 0 Å². The molecule has 86 valence electrons. The van der Waals surface area contributed by atoms with E-state index >= 15 is 0 Å². The van der Waals surface area contributed by atoms with Gasteiger partial charge < -0.3 is 9.47 Å². The Balaban J connectivity index is 2.19. The molecule has 1 aromatic rings. The standard InChI is InChI=1S/C12H13ClO3/c1-8(6-12(13)14)9-2-3-10-11(7-9)16-5-4-15-10/h2-3,7-8H,4-6H2,1H3. The SMILES string of the molecule is CC(CC(=O)Cl)c1ccc2c(c1)OCCO2. The van der Waals surface area contributed by atoms with Crippen molar-refractivity contribution in [2.24, 2.45) is 0 Å². The number of carbonyl (C=O) groups is 1. The van der Waals surface area contributed by atoms with Crippen molar-refractivity contribution in [3.63, 3.8) is 0 Å². The van der Waals surface area contributed by atoms with E-state index in [4.69, 9.17) is 21.1 Å². The summed E-state index contributed by atoms with van der Waals surface area (Å²) >= 11 is 5.37. The molecule has 3 nitrogen and oxygen atoms in total. The quantitative estimate of drug-likeness (QED) is 0.762. The molecule has 16 heavy (non-hydrogen) atoms. The van der Waals surface area contributed by atoms with E-state index in [0.717, 1.165) is 17.1 Å². The fraction of sp³-hybridized carbons (Fsp3) is 0.417. The Bertz CT molecular complexity index is 403. The first-order valence-electron chi connectivity index (χ1n) is 5.24. The molecule has 0 spiro atoms. The van der Waals surface area contributed by atoms with Crippen molar-refractivity contribution >= 4 is 16.8 Å². The van der Waals surface area contributed by atoms with E-state index in [1.165, 1.54) is 0 Å². The van der Waals surface area contributed by atoms with Crippen LogP contribution >= 0.6 is 11.6 Å². The van der Waals surface area contributed by atoms with Gasteiger partial charge in [-0.1, -0.05) is 13.0 Å². The minimum atomic E-state index is -0.317. The first kappa shape index (κ1) is 11.3. The Hall–Kier alpha value is -1.22. The van der Waals surface area contributed by atoms with Crippen LogP contribution in [0, 0.1) is 0 Å². The summed E-state index contributed by atoms with van der Waals surface area (Å²) in [6.07, 6.45) is 0.335. The molecule has 0 saturated carbocycles. The second-order valence-electron chi connectivity index (χ2n) is 3.86. The van der Waals surface area contributed by atoms with E-state index in [-0.39, 0.29) is 11.2 Å². The van der Waals surface area contributed by atoms with Crippen molar-refractivity contribution in [2.45, 2.75) is 19.3 Å². The summed E-state index contributed by atoms with van der Waals surface area (Å²) in [5.74, 6) is 1.61. The predicted molar refractivity (Wildman–Crippen MR) is 61.3 cm³/mol. The van der Waals surface area contributed by atoms with Crippen LogP contribution in [0.1, 0.15) is 24.8 Å². The van der Waals surface area contributed by atoms with Gasteiger partial charge in [0.15, 0.2) is 11.5 Å². The van der Waals surface area contributed by atoms with Crippen LogP contribution in [0.4, 0.5) is 0 Å². The Morgan fingerprint density at radius 2 is 2.06 bits per heavy atom. The third-order valence-electron chi connectivity index (χ3n) is 2.60. The monoisotopic (exact) mass is 240 g/mol. The molecule has 0 amide bonds. The predicted octanol–water partition coefficient (Wildman–Crippen LogP) is 2.72. The van der Waals surface area contributed by atoms with Crippen LogP contribution in [0.2, 0.25) is 0 Å². The Kier molecular flexibility index (Phi) is 3.34. The fourth-order valence-corrected chi connectivity index (χ4v) is 1.96. The lowest BCUT2D eigenvalue weighted by atomic mass is 9.98. The number of carbonyl (C=O) groups excluding carboxylic acids is 1. The first-order valence-corrected chi connectivity index (χ1v) is 5.62. The van der Waals surface area contributed by atoms with Crippen LogP contribution in [-0.4, -0.2) is 18.5 Å². The van der Waals surface area contributed by atoms with Gasteiger partial charge >= 0.3 is 0 Å². The summed E-state index contributed by atoms with van der Waals surface area (Å²) in [5, 5.41) is -0.317. The summed E-state index contributed by atoms with van der Waals surface area (Å²) in [6, 6.07) is 5.73. The van der Waals surface area contributed by atoms with Crippen molar-refractivity contribution in [2.75, 3.05) is 13.2 Å². The van der Waals surface area contributed by atoms with E-state index in [1.807, 2.05) is 25.1 Å². The van der Waals surface area contributed by atoms with Crippen LogP contribution in [-0.2, 0) is 4.79 Å². The maximum absolute atomic E-state index is 10.8. The van der Waals surface area contributed by atoms with Gasteiger partial charge in [0, 0.05) is 6.42 Å². The number of halogens is 1. The average molecular weight is 241 g/mol. The first-order chi connectivity index (χ1) is 7.66. The lowest BCUT2D eigenvalue weighted by Gasteiger charge is -2.20. The lowest BCUT2D eigenvalue weighted by Crippen LogP contribution is -2.15. The van der Waals surface area contributed by atoms with E-state index in [2.05, 4.69) is 0 Å². The van der Waals surface area contributed by atoms with E-state index < -0.39 is 0 Å². The van der Waals surface area contributed by atoms with Crippen molar-refractivity contribution in [1.29, 1.82) is 0 Å². The minimum absolute atomic E-state index is 0.0980. The molecule has 0 N–H and O–H groups in total. The number of fused-ring (bicyclic) bond motifs is 1. The zero-order valence-electron chi connectivity index (χ0n) is 9.03. The number of rotatable bonds is 3. The molecule has 1 aliphatic heterocycles. The largest absolute Gasteiger partial charge is 0.486 e. The zero-order chi connectivity index (χ0) is 11.5. The van der Waals surface area contributed by atoms with Gasteiger partial charge in [-0.2, -0.15) is 0 Å². The van der Waals surface area contributed by atoms with Gasteiger partial charge in [-0.05, 0) is 35.2 Å². The highest BCUT2D eigenvalue weighted by Gasteiger charge is 2.15. The fourth-order valence-electron chi connectivity index (χ4n) is 1.73. The van der Waals surface area contributed by atoms with Gasteiger partial charge in [0.25, 0.3) is 0 Å². The molecule has 0 aromatic heterocycles. The molecule has 0 bridgehead atoms. The Morgan fingerprint density at radius 3 is 2.75 bits per heavy atom. The van der Waals surface area contributed by atoms with Gasteiger partial charge in [-0.15, -0.1) is 0 Å². The molecular formula is C12H13ClO3. The third-order valence-corrected chi connectivity index (χ3v) is 2.76. The summed E-state index contributed by atoms with van der Waals surface area (Å²) < 4.78 is 10.9. The molecule has 1 atom stereocenters. The van der Waals surface area contributed by atoms with Crippen LogP contribution in [0.5, 0.6) is 11.5 Å². The number of benzene rings is 1. The van der Waals surface area contributed by atoms with Crippen LogP contribution in [0.3, 0.4) is 0 Å². The molecule has 1 aromatic carbocycles. The topological polar surface area (TPSA) is 35.5 Å². The molecule has 4 heteroatoms. The van der Waals surface area contributed by atoms with E-state index in [1.54, 1.807) is 0 Å². The van der Waals surface area contributed by atoms with Crippen molar-refractivity contribution in [1.82, 2.24) is 0 Å². The van der Waals surface area contributed by atoms with Crippen molar-refractivity contribution in [3.8, 4) is 11.5 Å². The summed E-state index contributed by atoms with van der Waals surface area (Å²) in [7, 11) is 0. The van der Waals surface area contributed by atoms with Gasteiger partial charge in [-0.25, -0.2) is 0 Å². The third kappa shape index (κ3) is 2.47. The van der Waals surface area contributed by atoms with Crippen LogP contribution in [0.25, 0.3) is 0 Å². The second kappa shape index (κ2) is 4.74. The molecule has 0 radical (unpaired) electrons. The highest BCUT2D eigenvalue weighted by atomic mass is 35.5. The highest BCUT2D eigenvalue weighted by molar-refractivity contribution is 6.63. The smallest absolute Gasteiger partial charge is 0.222 e. The van der Waals surface area contributed by atoms with Gasteiger partial charge in [0.2, 0.25) is 5.24 Å². The normalized spacial score (nSPS) is 15.6. The number of hydrogen-bond donors (Lipinski definition) is 0. The lowest BCUT2D eigenvalue weighted by molar-refractivity contribution is -0.111. The summed E-state index contributed by atoms with van der Waals surface area (Å²) in [4.78, 5) is 10.8. The molecular weight excluding hydrogens is 228 g/mol. The van der Waals surface area contributed by atoms with Crippen LogP contribution < -0.4 is 9.47 Å². The van der Waals surface area contributed by atoms with Crippen molar-refractivity contribution < 1.29 is 14.3 Å². The summed E-state index contributed by atoms with van der Waals surface area (Å²) in [6.45, 7) is 3.12.